The van der Waals surface area contributed by atoms with Crippen molar-refractivity contribution in [1.29, 1.82) is 10.5 Å². The predicted molar refractivity (Wildman–Crippen MR) is 288 cm³/mol. The van der Waals surface area contributed by atoms with Gasteiger partial charge in [0.2, 0.25) is 0 Å². The molecule has 0 unspecified atom stereocenters. The second-order valence-electron chi connectivity index (χ2n) is 17.4. The summed E-state index contributed by atoms with van der Waals surface area (Å²) in [4.78, 5) is 16.7. The first-order valence-electron chi connectivity index (χ1n) is 23.1. The van der Waals surface area contributed by atoms with Gasteiger partial charge in [-0.1, -0.05) is 127 Å². The van der Waals surface area contributed by atoms with Gasteiger partial charge in [-0.2, -0.15) is 10.5 Å². The van der Waals surface area contributed by atoms with Crippen LogP contribution in [0.4, 0.5) is 17.1 Å². The predicted octanol–water partition coefficient (Wildman–Crippen LogP) is 17.0. The molecule has 0 aliphatic rings. The summed E-state index contributed by atoms with van der Waals surface area (Å²) >= 11 is 0. The van der Waals surface area contributed by atoms with Gasteiger partial charge in [0.1, 0.15) is 0 Å². The Bertz CT molecular complexity index is 3990. The highest BCUT2D eigenvalue weighted by Crippen LogP contribution is 2.46. The molecular formula is C64H34N8. The Balaban J connectivity index is 1.19. The van der Waals surface area contributed by atoms with E-state index in [1.807, 2.05) is 128 Å². The summed E-state index contributed by atoms with van der Waals surface area (Å²) in [6.07, 6.45) is 3.76. The van der Waals surface area contributed by atoms with Crippen LogP contribution in [0, 0.1) is 42.4 Å². The Morgan fingerprint density at radius 1 is 0.375 bits per heavy atom. The summed E-state index contributed by atoms with van der Waals surface area (Å²) in [5, 5.41) is 24.3. The number of aromatic nitrogens is 3. The molecule has 0 fully saturated rings. The van der Waals surface area contributed by atoms with Gasteiger partial charge in [-0.25, -0.2) is 14.5 Å². The average molecular weight is 915 g/mol. The molecule has 8 heteroatoms. The van der Waals surface area contributed by atoms with Crippen molar-refractivity contribution in [2.45, 2.75) is 0 Å². The quantitative estimate of drug-likeness (QED) is 0.149. The molecule has 0 radical (unpaired) electrons. The van der Waals surface area contributed by atoms with E-state index in [-0.39, 0.29) is 0 Å². The first-order valence-corrected chi connectivity index (χ1v) is 23.1. The minimum absolute atomic E-state index is 0.501. The van der Waals surface area contributed by atoms with E-state index in [4.69, 9.17) is 24.7 Å². The Labute approximate surface area is 414 Å². The topological polar surface area (TPSA) is 83.4 Å². The fraction of sp³-hybridized carbons (Fsp3) is 0. The Hall–Kier alpha value is -10.8. The highest BCUT2D eigenvalue weighted by atomic mass is 15.0. The van der Waals surface area contributed by atoms with E-state index in [1.165, 1.54) is 0 Å². The van der Waals surface area contributed by atoms with Crippen LogP contribution in [0.15, 0.2) is 207 Å². The molecule has 0 aliphatic heterocycles. The van der Waals surface area contributed by atoms with Crippen molar-refractivity contribution >= 4 is 60.7 Å². The zero-order valence-corrected chi connectivity index (χ0v) is 38.2. The lowest BCUT2D eigenvalue weighted by Gasteiger charge is -2.20. The largest absolute Gasteiger partial charge is 0.307 e. The highest BCUT2D eigenvalue weighted by Gasteiger charge is 2.25. The molecule has 0 saturated carbocycles. The summed E-state index contributed by atoms with van der Waals surface area (Å²) in [6.45, 7) is 24.0. The summed E-state index contributed by atoms with van der Waals surface area (Å²) < 4.78 is 4.46. The van der Waals surface area contributed by atoms with Crippen molar-refractivity contribution in [3.8, 4) is 79.1 Å². The normalized spacial score (nSPS) is 11.0. The molecule has 12 aromatic rings. The zero-order valence-electron chi connectivity index (χ0n) is 38.2. The van der Waals surface area contributed by atoms with Crippen LogP contribution in [-0.4, -0.2) is 14.1 Å². The van der Waals surface area contributed by atoms with Crippen LogP contribution in [-0.2, 0) is 0 Å². The number of nitriles is 2. The summed E-state index contributed by atoms with van der Waals surface area (Å²) in [7, 11) is 0. The molecule has 0 saturated heterocycles. The van der Waals surface area contributed by atoms with Gasteiger partial charge in [0.15, 0.2) is 17.1 Å². The van der Waals surface area contributed by atoms with Crippen LogP contribution in [0.2, 0.25) is 0 Å². The van der Waals surface area contributed by atoms with Gasteiger partial charge in [0, 0.05) is 27.1 Å². The second kappa shape index (κ2) is 17.4. The Morgan fingerprint density at radius 3 is 1.17 bits per heavy atom. The zero-order chi connectivity index (χ0) is 48.9. The Morgan fingerprint density at radius 2 is 0.764 bits per heavy atom. The second-order valence-corrected chi connectivity index (χ2v) is 17.4. The van der Waals surface area contributed by atoms with Crippen molar-refractivity contribution < 1.29 is 0 Å². The van der Waals surface area contributed by atoms with E-state index in [1.54, 1.807) is 6.07 Å². The lowest BCUT2D eigenvalue weighted by Crippen LogP contribution is -2.05. The van der Waals surface area contributed by atoms with E-state index in [0.717, 1.165) is 111 Å². The van der Waals surface area contributed by atoms with Crippen LogP contribution in [0.25, 0.3) is 125 Å². The van der Waals surface area contributed by atoms with E-state index in [0.29, 0.717) is 28.2 Å². The third-order valence-electron chi connectivity index (χ3n) is 13.6. The van der Waals surface area contributed by atoms with Crippen LogP contribution in [0.1, 0.15) is 11.1 Å². The van der Waals surface area contributed by atoms with Gasteiger partial charge in [0.05, 0.1) is 88.8 Å². The molecule has 8 nitrogen and oxygen atoms in total. The van der Waals surface area contributed by atoms with Crippen molar-refractivity contribution in [3.63, 3.8) is 0 Å². The lowest BCUT2D eigenvalue weighted by atomic mass is 9.97. The third kappa shape index (κ3) is 6.84. The van der Waals surface area contributed by atoms with E-state index >= 15 is 0 Å². The SMILES string of the molecule is [C-]#[N+]c1ccccc1-c1ccc2c(c1)c1cc(-c3ccccc3C#N)ccc1n2-c1cncc(-n2c3ccc(-c4ccccc4[N+]#[C-])cc3c3cc(-c4ccccc4[N+]#[C-])ccc32)c1-c1cccc(C#N)c1. The lowest BCUT2D eigenvalue weighted by molar-refractivity contribution is 1.09. The van der Waals surface area contributed by atoms with E-state index in [2.05, 4.69) is 109 Å². The minimum atomic E-state index is 0.501. The van der Waals surface area contributed by atoms with Crippen LogP contribution >= 0.6 is 0 Å². The number of para-hydroxylation sites is 3. The number of hydrogen-bond acceptors (Lipinski definition) is 3. The Kier molecular flexibility index (Phi) is 10.3. The van der Waals surface area contributed by atoms with Crippen LogP contribution in [0.5, 0.6) is 0 Å². The standard InChI is InChI=1S/C64H34N8/c1-67-55-20-9-6-17-48(55)42-24-28-59-52(33-42)51-32-41(47-16-5-4-14-46(47)37-66)23-27-58(51)71(59)62-38-70-39-63(64(62)45-15-12-13-40(31-45)36-65)72-60-29-25-43(49-18-7-10-21-56(49)68-2)34-53(60)54-35-44(26-30-61(54)72)50-19-8-11-22-57(50)69-3/h4-35,38-39H. The van der Waals surface area contributed by atoms with Gasteiger partial charge in [0.25, 0.3) is 0 Å². The fourth-order valence-corrected chi connectivity index (χ4v) is 10.3. The number of rotatable bonds is 7. The molecule has 330 valence electrons. The van der Waals surface area contributed by atoms with Gasteiger partial charge in [-0.3, -0.25) is 4.98 Å². The number of benzene rings is 9. The van der Waals surface area contributed by atoms with Crippen molar-refractivity contribution in [1.82, 2.24) is 14.1 Å². The molecule has 0 atom stereocenters. The van der Waals surface area contributed by atoms with Gasteiger partial charge < -0.3 is 9.13 Å². The molecule has 9 aromatic carbocycles. The maximum Gasteiger partial charge on any atom is 0.194 e. The van der Waals surface area contributed by atoms with Gasteiger partial charge >= 0.3 is 0 Å². The maximum absolute atomic E-state index is 10.4. The minimum Gasteiger partial charge on any atom is -0.307 e. The molecular weight excluding hydrogens is 881 g/mol. The number of pyridine rings is 1. The van der Waals surface area contributed by atoms with Crippen molar-refractivity contribution in [2.75, 3.05) is 0 Å². The number of fused-ring (bicyclic) bond motifs is 6. The molecule has 0 bridgehead atoms. The van der Waals surface area contributed by atoms with Gasteiger partial charge in [-0.05, 0) is 117 Å². The number of nitrogens with zero attached hydrogens (tertiary/aromatic N) is 8. The first kappa shape index (κ1) is 42.5. The summed E-state index contributed by atoms with van der Waals surface area (Å²) in [6, 6.07) is 68.1. The van der Waals surface area contributed by atoms with Gasteiger partial charge in [-0.15, -0.1) is 0 Å². The monoisotopic (exact) mass is 914 g/mol. The molecule has 3 aromatic heterocycles. The van der Waals surface area contributed by atoms with Crippen molar-refractivity contribution in [2.24, 2.45) is 0 Å². The molecule has 0 aliphatic carbocycles. The van der Waals surface area contributed by atoms with E-state index in [9.17, 15) is 10.5 Å². The summed E-state index contributed by atoms with van der Waals surface area (Å²) in [5.41, 5.74) is 16.4. The third-order valence-corrected chi connectivity index (χ3v) is 13.6. The number of hydrogen-bond donors (Lipinski definition) is 0. The molecule has 3 heterocycles. The molecule has 12 rings (SSSR count). The van der Waals surface area contributed by atoms with Crippen LogP contribution < -0.4 is 0 Å². The average Bonchev–Trinajstić information content (AvgIpc) is 3.95. The fourth-order valence-electron chi connectivity index (χ4n) is 10.3. The molecule has 72 heavy (non-hydrogen) atoms. The summed E-state index contributed by atoms with van der Waals surface area (Å²) in [5.74, 6) is 0. The van der Waals surface area contributed by atoms with Crippen LogP contribution in [0.3, 0.4) is 0 Å². The molecule has 0 N–H and O–H groups in total. The highest BCUT2D eigenvalue weighted by molar-refractivity contribution is 6.15. The van der Waals surface area contributed by atoms with Crippen molar-refractivity contribution in [3.05, 3.63) is 252 Å². The smallest absolute Gasteiger partial charge is 0.194 e. The molecule has 0 spiro atoms. The van der Waals surface area contributed by atoms with E-state index < -0.39 is 0 Å². The maximum atomic E-state index is 10.4. The first-order chi connectivity index (χ1) is 35.5. The molecule has 0 amide bonds.